The van der Waals surface area contributed by atoms with Gasteiger partial charge in [-0.05, 0) is 30.5 Å². The summed E-state index contributed by atoms with van der Waals surface area (Å²) in [7, 11) is 2.12. The maximum absolute atomic E-state index is 12.3. The lowest BCUT2D eigenvalue weighted by Crippen LogP contribution is -2.45. The van der Waals surface area contributed by atoms with Crippen molar-refractivity contribution in [3.63, 3.8) is 0 Å². The Bertz CT molecular complexity index is 505. The van der Waals surface area contributed by atoms with E-state index in [0.29, 0.717) is 6.42 Å². The molecule has 5 nitrogen and oxygen atoms in total. The third kappa shape index (κ3) is 4.07. The van der Waals surface area contributed by atoms with Gasteiger partial charge in [-0.25, -0.2) is 0 Å². The van der Waals surface area contributed by atoms with Crippen LogP contribution in [0.4, 0.5) is 0 Å². The lowest BCUT2D eigenvalue weighted by molar-refractivity contribution is -0.132. The molecule has 122 valence electrons. The lowest BCUT2D eigenvalue weighted by Gasteiger charge is -2.30. The van der Waals surface area contributed by atoms with E-state index in [-0.39, 0.29) is 12.0 Å². The number of carbonyl (C=O) groups excluding carboxylic acids is 1. The molecular weight excluding hydrogens is 298 g/mol. The number of amides is 1. The van der Waals surface area contributed by atoms with Crippen molar-refractivity contribution in [2.24, 2.45) is 0 Å². The average Bonchev–Trinajstić information content (AvgIpc) is 2.99. The molecule has 1 amide bonds. The highest BCUT2D eigenvalue weighted by Crippen LogP contribution is 2.24. The molecule has 1 aromatic heterocycles. The number of hydrogen-bond donors (Lipinski definition) is 1. The van der Waals surface area contributed by atoms with Crippen molar-refractivity contribution < 1.29 is 9.53 Å². The minimum Gasteiger partial charge on any atom is -0.374 e. The summed E-state index contributed by atoms with van der Waals surface area (Å²) in [6.45, 7) is 5.99. The summed E-state index contributed by atoms with van der Waals surface area (Å²) in [5.41, 5.74) is 1.33. The fourth-order valence-corrected chi connectivity index (χ4v) is 3.96. The molecule has 1 saturated heterocycles. The standard InChI is InChI=1S/C16H25N3O2S/c1-18-7-8-21-14(12-18)10-17-5-2-16(20)19-6-3-15-13(11-19)4-9-22-15/h4,9,14,17H,2-3,5-8,10-12H2,1H3. The number of fused-ring (bicyclic) bond motifs is 1. The average molecular weight is 323 g/mol. The van der Waals surface area contributed by atoms with Crippen LogP contribution in [-0.4, -0.2) is 68.2 Å². The molecule has 0 bridgehead atoms. The lowest BCUT2D eigenvalue weighted by atomic mass is 10.1. The van der Waals surface area contributed by atoms with Crippen LogP contribution in [0, 0.1) is 0 Å². The molecule has 0 spiro atoms. The maximum Gasteiger partial charge on any atom is 0.224 e. The first-order valence-electron chi connectivity index (χ1n) is 8.06. The zero-order valence-electron chi connectivity index (χ0n) is 13.2. The predicted molar refractivity (Wildman–Crippen MR) is 88.2 cm³/mol. The van der Waals surface area contributed by atoms with Crippen LogP contribution in [0.1, 0.15) is 16.9 Å². The first-order valence-corrected chi connectivity index (χ1v) is 8.94. The van der Waals surface area contributed by atoms with E-state index in [4.69, 9.17) is 4.74 Å². The molecule has 2 aliphatic heterocycles. The molecule has 0 aromatic carbocycles. The van der Waals surface area contributed by atoms with Gasteiger partial charge in [0, 0.05) is 50.6 Å². The monoisotopic (exact) mass is 323 g/mol. The summed E-state index contributed by atoms with van der Waals surface area (Å²) in [6.07, 6.45) is 1.83. The van der Waals surface area contributed by atoms with Gasteiger partial charge in [0.15, 0.2) is 0 Å². The van der Waals surface area contributed by atoms with E-state index >= 15 is 0 Å². The van der Waals surface area contributed by atoms with Gasteiger partial charge in [-0.3, -0.25) is 4.79 Å². The summed E-state index contributed by atoms with van der Waals surface area (Å²) < 4.78 is 5.70. The van der Waals surface area contributed by atoms with Crippen LogP contribution in [0.25, 0.3) is 0 Å². The van der Waals surface area contributed by atoms with Crippen LogP contribution in [0.15, 0.2) is 11.4 Å². The Morgan fingerprint density at radius 2 is 2.41 bits per heavy atom. The fraction of sp³-hybridized carbons (Fsp3) is 0.688. The number of rotatable bonds is 5. The number of nitrogens with zero attached hydrogens (tertiary/aromatic N) is 2. The minimum absolute atomic E-state index is 0.247. The second-order valence-corrected chi connectivity index (χ2v) is 7.14. The molecule has 3 heterocycles. The van der Waals surface area contributed by atoms with Gasteiger partial charge in [0.2, 0.25) is 5.91 Å². The Hall–Kier alpha value is -0.950. The van der Waals surface area contributed by atoms with Crippen LogP contribution in [0.5, 0.6) is 0 Å². The molecule has 1 unspecified atom stereocenters. The van der Waals surface area contributed by atoms with Crippen molar-refractivity contribution in [2.45, 2.75) is 25.5 Å². The zero-order valence-corrected chi connectivity index (χ0v) is 14.0. The van der Waals surface area contributed by atoms with E-state index < -0.39 is 0 Å². The second-order valence-electron chi connectivity index (χ2n) is 6.14. The highest BCUT2D eigenvalue weighted by atomic mass is 32.1. The van der Waals surface area contributed by atoms with E-state index in [1.807, 2.05) is 16.2 Å². The van der Waals surface area contributed by atoms with Crippen molar-refractivity contribution in [3.05, 3.63) is 21.9 Å². The number of carbonyl (C=O) groups is 1. The minimum atomic E-state index is 0.247. The maximum atomic E-state index is 12.3. The Balaban J connectivity index is 1.35. The van der Waals surface area contributed by atoms with Gasteiger partial charge in [0.05, 0.1) is 12.7 Å². The normalized spacial score (nSPS) is 22.6. The number of likely N-dealkylation sites (N-methyl/N-ethyl adjacent to an activating group) is 1. The Kier molecular flexibility index (Phi) is 5.46. The summed E-state index contributed by atoms with van der Waals surface area (Å²) >= 11 is 1.81. The molecular formula is C16H25N3O2S. The molecule has 22 heavy (non-hydrogen) atoms. The van der Waals surface area contributed by atoms with Crippen molar-refractivity contribution >= 4 is 17.2 Å². The topological polar surface area (TPSA) is 44.8 Å². The van der Waals surface area contributed by atoms with E-state index in [0.717, 1.165) is 52.3 Å². The van der Waals surface area contributed by atoms with E-state index in [1.165, 1.54) is 10.4 Å². The third-order valence-electron chi connectivity index (χ3n) is 4.39. The number of hydrogen-bond acceptors (Lipinski definition) is 5. The van der Waals surface area contributed by atoms with Gasteiger partial charge in [-0.1, -0.05) is 0 Å². The highest BCUT2D eigenvalue weighted by molar-refractivity contribution is 7.10. The first-order chi connectivity index (χ1) is 10.7. The Morgan fingerprint density at radius 1 is 1.50 bits per heavy atom. The predicted octanol–water partition coefficient (Wildman–Crippen LogP) is 0.943. The molecule has 1 fully saturated rings. The first kappa shape index (κ1) is 15.9. The molecule has 3 rings (SSSR count). The summed E-state index contributed by atoms with van der Waals surface area (Å²) in [6, 6.07) is 2.15. The van der Waals surface area contributed by atoms with Crippen molar-refractivity contribution in [1.29, 1.82) is 0 Å². The third-order valence-corrected chi connectivity index (χ3v) is 5.41. The largest absolute Gasteiger partial charge is 0.374 e. The Labute approximate surface area is 136 Å². The molecule has 1 aromatic rings. The number of thiophene rings is 1. The molecule has 1 N–H and O–H groups in total. The van der Waals surface area contributed by atoms with Crippen LogP contribution >= 0.6 is 11.3 Å². The number of ether oxygens (including phenoxy) is 1. The zero-order chi connectivity index (χ0) is 15.4. The number of morpholine rings is 1. The van der Waals surface area contributed by atoms with Crippen molar-refractivity contribution in [3.8, 4) is 0 Å². The van der Waals surface area contributed by atoms with Crippen LogP contribution in [0.3, 0.4) is 0 Å². The highest BCUT2D eigenvalue weighted by Gasteiger charge is 2.21. The summed E-state index contributed by atoms with van der Waals surface area (Å²) in [4.78, 5) is 18.0. The second kappa shape index (κ2) is 7.55. The van der Waals surface area contributed by atoms with Crippen molar-refractivity contribution in [2.75, 3.05) is 46.4 Å². The fourth-order valence-electron chi connectivity index (χ4n) is 3.07. The Morgan fingerprint density at radius 3 is 3.27 bits per heavy atom. The van der Waals surface area contributed by atoms with Gasteiger partial charge in [-0.2, -0.15) is 0 Å². The smallest absolute Gasteiger partial charge is 0.224 e. The SMILES string of the molecule is CN1CCOC(CNCCC(=O)N2CCc3sccc3C2)C1. The van der Waals surface area contributed by atoms with Gasteiger partial charge < -0.3 is 19.9 Å². The van der Waals surface area contributed by atoms with Crippen LogP contribution < -0.4 is 5.32 Å². The molecule has 0 radical (unpaired) electrons. The summed E-state index contributed by atoms with van der Waals surface area (Å²) in [5, 5.41) is 5.49. The van der Waals surface area contributed by atoms with E-state index in [9.17, 15) is 4.79 Å². The molecule has 1 atom stereocenters. The van der Waals surface area contributed by atoms with Crippen molar-refractivity contribution in [1.82, 2.24) is 15.1 Å². The number of nitrogens with one attached hydrogen (secondary N) is 1. The molecule has 0 aliphatic carbocycles. The summed E-state index contributed by atoms with van der Waals surface area (Å²) in [5.74, 6) is 0.256. The van der Waals surface area contributed by atoms with Gasteiger partial charge >= 0.3 is 0 Å². The van der Waals surface area contributed by atoms with Crippen LogP contribution in [-0.2, 0) is 22.5 Å². The van der Waals surface area contributed by atoms with E-state index in [1.54, 1.807) is 0 Å². The van der Waals surface area contributed by atoms with Gasteiger partial charge in [-0.15, -0.1) is 11.3 Å². The van der Waals surface area contributed by atoms with Crippen LogP contribution in [0.2, 0.25) is 0 Å². The van der Waals surface area contributed by atoms with E-state index in [2.05, 4.69) is 28.7 Å². The molecule has 6 heteroatoms. The van der Waals surface area contributed by atoms with Gasteiger partial charge in [0.25, 0.3) is 0 Å². The molecule has 2 aliphatic rings. The quantitative estimate of drug-likeness (QED) is 0.819. The molecule has 0 saturated carbocycles. The van der Waals surface area contributed by atoms with Gasteiger partial charge in [0.1, 0.15) is 0 Å².